The molecule has 0 fully saturated rings. The Kier molecular flexibility index (Phi) is 8.92. The minimum atomic E-state index is -3.88. The van der Waals surface area contributed by atoms with Crippen molar-refractivity contribution in [3.8, 4) is 5.75 Å². The Balaban J connectivity index is 3.86. The van der Waals surface area contributed by atoms with Gasteiger partial charge in [0.1, 0.15) is 11.1 Å². The summed E-state index contributed by atoms with van der Waals surface area (Å²) in [7, 11) is -3.88. The van der Waals surface area contributed by atoms with Gasteiger partial charge < -0.3 is 18.9 Å². The highest BCUT2D eigenvalue weighted by Gasteiger charge is 2.36. The second-order valence-corrected chi connectivity index (χ2v) is 11.0. The molecule has 0 atom stereocenters. The Labute approximate surface area is 181 Å². The summed E-state index contributed by atoms with van der Waals surface area (Å²) in [5.41, 5.74) is 1.38. The molecule has 7 heteroatoms. The maximum Gasteiger partial charge on any atom is 0.368 e. The van der Waals surface area contributed by atoms with Gasteiger partial charge in [-0.15, -0.1) is 0 Å². The summed E-state index contributed by atoms with van der Waals surface area (Å²) < 4.78 is 29.4. The van der Waals surface area contributed by atoms with Gasteiger partial charge in [-0.1, -0.05) is 41.5 Å². The Morgan fingerprint density at radius 3 is 1.70 bits per heavy atom. The van der Waals surface area contributed by atoms with Crippen molar-refractivity contribution in [3.63, 3.8) is 0 Å². The quantitative estimate of drug-likeness (QED) is 0.296. The van der Waals surface area contributed by atoms with Crippen LogP contribution in [0.1, 0.15) is 79.0 Å². The largest absolute Gasteiger partial charge is 0.507 e. The molecule has 30 heavy (non-hydrogen) atoms. The van der Waals surface area contributed by atoms with Gasteiger partial charge >= 0.3 is 13.6 Å². The molecule has 0 saturated heterocycles. The molecule has 6 nitrogen and oxygen atoms in total. The van der Waals surface area contributed by atoms with Crippen LogP contribution < -0.4 is 0 Å². The van der Waals surface area contributed by atoms with Crippen LogP contribution >= 0.6 is 7.60 Å². The number of hydrogen-bond acceptors (Lipinski definition) is 6. The van der Waals surface area contributed by atoms with E-state index in [2.05, 4.69) is 0 Å². The van der Waals surface area contributed by atoms with E-state index >= 15 is 0 Å². The van der Waals surface area contributed by atoms with E-state index in [0.29, 0.717) is 5.56 Å². The monoisotopic (exact) mass is 440 g/mol. The van der Waals surface area contributed by atoms with Crippen LogP contribution in [-0.2, 0) is 34.0 Å². The first-order valence-corrected chi connectivity index (χ1v) is 11.9. The first-order chi connectivity index (χ1) is 13.7. The third-order valence-electron chi connectivity index (χ3n) is 4.43. The second kappa shape index (κ2) is 10.1. The molecule has 170 valence electrons. The summed E-state index contributed by atoms with van der Waals surface area (Å²) in [5.74, 6) is -0.520. The summed E-state index contributed by atoms with van der Waals surface area (Å²) in [5, 5.41) is 10.8. The normalized spacial score (nSPS) is 13.4. The number of carbonyl (C=O) groups is 1. The summed E-state index contributed by atoms with van der Waals surface area (Å²) >= 11 is 0. The Bertz CT molecular complexity index is 782. The molecule has 0 radical (unpaired) electrons. The standard InChI is InChI=1S/C23H37O6P/c1-10-27-21(25)19(30(26,28-11-2)29-12-3)15-16-13-17(22(4,5)6)20(24)18(14-16)23(7,8)9/h13-15,24H,10-12H2,1-9H3/b19-15+. The summed E-state index contributed by atoms with van der Waals surface area (Å²) in [6.07, 6.45) is 1.49. The van der Waals surface area contributed by atoms with E-state index in [0.717, 1.165) is 11.1 Å². The molecule has 0 aliphatic carbocycles. The highest BCUT2D eigenvalue weighted by molar-refractivity contribution is 7.60. The number of ether oxygens (including phenoxy) is 1. The molecule has 0 bridgehead atoms. The van der Waals surface area contributed by atoms with Gasteiger partial charge in [-0.05, 0) is 55.4 Å². The number of phenols is 1. The zero-order chi connectivity index (χ0) is 23.3. The average molecular weight is 441 g/mol. The number of benzene rings is 1. The van der Waals surface area contributed by atoms with Gasteiger partial charge in [0.2, 0.25) is 0 Å². The lowest BCUT2D eigenvalue weighted by Crippen LogP contribution is -2.17. The highest BCUT2D eigenvalue weighted by Crippen LogP contribution is 2.57. The van der Waals surface area contributed by atoms with Crippen molar-refractivity contribution in [2.45, 2.75) is 73.1 Å². The molecule has 0 amide bonds. The van der Waals surface area contributed by atoms with E-state index in [-0.39, 0.29) is 41.7 Å². The van der Waals surface area contributed by atoms with Crippen LogP contribution in [0.15, 0.2) is 17.4 Å². The van der Waals surface area contributed by atoms with Gasteiger partial charge in [0.05, 0.1) is 19.8 Å². The molecule has 0 saturated carbocycles. The Hall–Kier alpha value is -1.62. The summed E-state index contributed by atoms with van der Waals surface area (Å²) in [6, 6.07) is 3.60. The van der Waals surface area contributed by atoms with Crippen LogP contribution in [0.3, 0.4) is 0 Å². The predicted octanol–water partition coefficient (Wildman–Crippen LogP) is 6.16. The van der Waals surface area contributed by atoms with E-state index in [1.807, 2.05) is 41.5 Å². The number of esters is 1. The van der Waals surface area contributed by atoms with Crippen molar-refractivity contribution in [1.29, 1.82) is 0 Å². The Morgan fingerprint density at radius 2 is 1.37 bits per heavy atom. The van der Waals surface area contributed by atoms with Gasteiger partial charge in [-0.25, -0.2) is 4.79 Å². The molecule has 0 heterocycles. The summed E-state index contributed by atoms with van der Waals surface area (Å²) in [6.45, 7) is 17.4. The van der Waals surface area contributed by atoms with E-state index in [4.69, 9.17) is 13.8 Å². The fourth-order valence-electron chi connectivity index (χ4n) is 3.01. The molecule has 0 aliphatic rings. The third-order valence-corrected chi connectivity index (χ3v) is 6.53. The van der Waals surface area contributed by atoms with Crippen LogP contribution in [0.4, 0.5) is 0 Å². The van der Waals surface area contributed by atoms with Crippen molar-refractivity contribution >= 4 is 19.6 Å². The second-order valence-electron chi connectivity index (χ2n) is 9.05. The number of rotatable bonds is 8. The lowest BCUT2D eigenvalue weighted by molar-refractivity contribution is -0.137. The zero-order valence-electron chi connectivity index (χ0n) is 19.8. The molecule has 1 aromatic rings. The molecule has 1 rings (SSSR count). The Morgan fingerprint density at radius 1 is 0.933 bits per heavy atom. The molecule has 1 N–H and O–H groups in total. The first-order valence-electron chi connectivity index (χ1n) is 10.4. The molecule has 0 spiro atoms. The van der Waals surface area contributed by atoms with Gasteiger partial charge in [0.25, 0.3) is 0 Å². The van der Waals surface area contributed by atoms with Crippen LogP contribution in [0.2, 0.25) is 0 Å². The summed E-state index contributed by atoms with van der Waals surface area (Å²) in [4.78, 5) is 12.7. The minimum absolute atomic E-state index is 0.115. The van der Waals surface area contributed by atoms with Crippen molar-refractivity contribution in [2.75, 3.05) is 19.8 Å². The fraction of sp³-hybridized carbons (Fsp3) is 0.609. The molecule has 0 unspecified atom stereocenters. The number of phenolic OH excluding ortho intramolecular Hbond substituents is 1. The molecular formula is C23H37O6P. The van der Waals surface area contributed by atoms with Gasteiger partial charge in [-0.2, -0.15) is 0 Å². The van der Waals surface area contributed by atoms with Crippen molar-refractivity contribution in [3.05, 3.63) is 34.1 Å². The zero-order valence-corrected chi connectivity index (χ0v) is 20.7. The topological polar surface area (TPSA) is 82.1 Å². The lowest BCUT2D eigenvalue weighted by atomic mass is 9.78. The predicted molar refractivity (Wildman–Crippen MR) is 121 cm³/mol. The molecule has 0 aliphatic heterocycles. The van der Waals surface area contributed by atoms with Crippen LogP contribution in [0.5, 0.6) is 5.75 Å². The number of aromatic hydroxyl groups is 1. The highest BCUT2D eigenvalue weighted by atomic mass is 31.2. The maximum atomic E-state index is 13.4. The smallest absolute Gasteiger partial charge is 0.368 e. The maximum absolute atomic E-state index is 13.4. The van der Waals surface area contributed by atoms with E-state index < -0.39 is 13.6 Å². The van der Waals surface area contributed by atoms with Crippen molar-refractivity contribution < 1.29 is 28.3 Å². The minimum Gasteiger partial charge on any atom is -0.507 e. The van der Waals surface area contributed by atoms with E-state index in [1.165, 1.54) is 6.08 Å². The van der Waals surface area contributed by atoms with Crippen molar-refractivity contribution in [2.24, 2.45) is 0 Å². The molecule has 0 aromatic heterocycles. The number of carbonyl (C=O) groups excluding carboxylic acids is 1. The molecular weight excluding hydrogens is 403 g/mol. The number of hydrogen-bond donors (Lipinski definition) is 1. The van der Waals surface area contributed by atoms with Crippen LogP contribution in [0, 0.1) is 0 Å². The SMILES string of the molecule is CCOC(=O)/C(=C\c1cc(C(C)(C)C)c(O)c(C(C)(C)C)c1)P(=O)(OCC)OCC. The first kappa shape index (κ1) is 26.4. The average Bonchev–Trinajstić information content (AvgIpc) is 2.59. The molecule has 1 aromatic carbocycles. The third kappa shape index (κ3) is 6.44. The van der Waals surface area contributed by atoms with Gasteiger partial charge in [0, 0.05) is 11.1 Å². The lowest BCUT2D eigenvalue weighted by Gasteiger charge is -2.28. The fourth-order valence-corrected chi connectivity index (χ4v) is 4.64. The van der Waals surface area contributed by atoms with Gasteiger partial charge in [0.15, 0.2) is 0 Å². The van der Waals surface area contributed by atoms with Crippen molar-refractivity contribution in [1.82, 2.24) is 0 Å². The van der Waals surface area contributed by atoms with E-state index in [1.54, 1.807) is 32.9 Å². The van der Waals surface area contributed by atoms with Gasteiger partial charge in [-0.3, -0.25) is 4.57 Å². The van der Waals surface area contributed by atoms with Crippen LogP contribution in [0.25, 0.3) is 6.08 Å². The van der Waals surface area contributed by atoms with E-state index in [9.17, 15) is 14.5 Å². The van der Waals surface area contributed by atoms with Crippen LogP contribution in [-0.4, -0.2) is 30.9 Å².